The maximum absolute atomic E-state index is 12.1. The highest BCUT2D eigenvalue weighted by molar-refractivity contribution is 7.85. The Bertz CT molecular complexity index is 481. The lowest BCUT2D eigenvalue weighted by atomic mass is 9.85. The Hall–Kier alpha value is -0.660. The monoisotopic (exact) mass is 365 g/mol. The van der Waals surface area contributed by atoms with Gasteiger partial charge in [0.1, 0.15) is 0 Å². The summed E-state index contributed by atoms with van der Waals surface area (Å²) in [5.74, 6) is -0.0364. The van der Waals surface area contributed by atoms with Crippen LogP contribution >= 0.6 is 0 Å². The summed E-state index contributed by atoms with van der Waals surface area (Å²) in [6.07, 6.45) is 2.98. The van der Waals surface area contributed by atoms with E-state index in [-0.39, 0.29) is 23.0 Å². The van der Waals surface area contributed by atoms with E-state index in [9.17, 15) is 13.2 Å². The summed E-state index contributed by atoms with van der Waals surface area (Å²) < 4.78 is 30.9. The fourth-order valence-corrected chi connectivity index (χ4v) is 3.41. The van der Waals surface area contributed by atoms with Crippen LogP contribution in [0.3, 0.4) is 0 Å². The van der Waals surface area contributed by atoms with Crippen molar-refractivity contribution in [1.29, 1.82) is 0 Å². The number of unbranched alkanes of at least 4 members (excludes halogenated alkanes) is 1. The average molecular weight is 366 g/mol. The Morgan fingerprint density at radius 2 is 1.67 bits per heavy atom. The van der Waals surface area contributed by atoms with Gasteiger partial charge in [0.05, 0.1) is 32.9 Å². The fourth-order valence-electron chi connectivity index (χ4n) is 2.84. The van der Waals surface area contributed by atoms with Crippen LogP contribution in [-0.2, 0) is 14.9 Å². The molecule has 0 saturated carbocycles. The van der Waals surface area contributed by atoms with Gasteiger partial charge >= 0.3 is 0 Å². The first-order valence-corrected chi connectivity index (χ1v) is 10.4. The number of hydrogen-bond donors (Lipinski definition) is 2. The molecule has 2 N–H and O–H groups in total. The van der Waals surface area contributed by atoms with Gasteiger partial charge in [-0.15, -0.1) is 0 Å². The second kappa shape index (κ2) is 9.73. The molecular formula is C17H37N2O4S+. The van der Waals surface area contributed by atoms with Crippen LogP contribution in [-0.4, -0.2) is 62.8 Å². The van der Waals surface area contributed by atoms with Gasteiger partial charge in [-0.05, 0) is 24.7 Å². The van der Waals surface area contributed by atoms with Crippen molar-refractivity contribution in [2.75, 3.05) is 39.5 Å². The van der Waals surface area contributed by atoms with Crippen molar-refractivity contribution < 1.29 is 22.2 Å². The maximum Gasteiger partial charge on any atom is 0.264 e. The molecule has 0 radical (unpaired) electrons. The number of amides is 1. The van der Waals surface area contributed by atoms with Crippen LogP contribution in [0.2, 0.25) is 0 Å². The zero-order valence-electron chi connectivity index (χ0n) is 16.3. The second-order valence-corrected chi connectivity index (χ2v) is 10.3. The van der Waals surface area contributed by atoms with Crippen LogP contribution < -0.4 is 5.32 Å². The quantitative estimate of drug-likeness (QED) is 0.334. The van der Waals surface area contributed by atoms with Gasteiger partial charge in [-0.1, -0.05) is 27.7 Å². The van der Waals surface area contributed by atoms with Gasteiger partial charge in [0.2, 0.25) is 5.91 Å². The molecule has 0 aliphatic carbocycles. The van der Waals surface area contributed by atoms with Crippen LogP contribution in [0.15, 0.2) is 0 Å². The fraction of sp³-hybridized carbons (Fsp3) is 0.941. The first-order chi connectivity index (χ1) is 10.7. The molecule has 0 aromatic heterocycles. The third-order valence-electron chi connectivity index (χ3n) is 4.02. The van der Waals surface area contributed by atoms with Crippen molar-refractivity contribution in [3.8, 4) is 0 Å². The Morgan fingerprint density at radius 3 is 2.17 bits per heavy atom. The predicted molar refractivity (Wildman–Crippen MR) is 98.4 cm³/mol. The molecule has 1 amide bonds. The maximum atomic E-state index is 12.1. The minimum Gasteiger partial charge on any atom is -0.356 e. The molecule has 1 unspecified atom stereocenters. The minimum absolute atomic E-state index is 0.0212. The molecule has 6 nitrogen and oxygen atoms in total. The molecule has 0 aromatic carbocycles. The van der Waals surface area contributed by atoms with Crippen LogP contribution in [0, 0.1) is 11.3 Å². The van der Waals surface area contributed by atoms with Gasteiger partial charge in [-0.3, -0.25) is 9.35 Å². The largest absolute Gasteiger partial charge is 0.356 e. The summed E-state index contributed by atoms with van der Waals surface area (Å²) in [4.78, 5) is 12.1. The van der Waals surface area contributed by atoms with Crippen LogP contribution in [0.4, 0.5) is 0 Å². The van der Waals surface area contributed by atoms with E-state index in [2.05, 4.69) is 40.2 Å². The second-order valence-electron chi connectivity index (χ2n) is 8.69. The van der Waals surface area contributed by atoms with Gasteiger partial charge in [0, 0.05) is 18.9 Å². The highest BCUT2D eigenvalue weighted by atomic mass is 32.2. The molecule has 0 aliphatic rings. The molecule has 0 aliphatic heterocycles. The van der Waals surface area contributed by atoms with Crippen molar-refractivity contribution in [2.45, 2.75) is 53.4 Å². The zero-order valence-corrected chi connectivity index (χ0v) is 17.1. The van der Waals surface area contributed by atoms with Gasteiger partial charge in [-0.25, -0.2) is 0 Å². The lowest BCUT2D eigenvalue weighted by molar-refractivity contribution is -0.890. The van der Waals surface area contributed by atoms with Crippen molar-refractivity contribution in [3.63, 3.8) is 0 Å². The molecule has 0 spiro atoms. The lowest BCUT2D eigenvalue weighted by Gasteiger charge is -2.30. The summed E-state index contributed by atoms with van der Waals surface area (Å²) in [7, 11) is 0.341. The zero-order chi connectivity index (χ0) is 19.0. The molecule has 144 valence electrons. The third kappa shape index (κ3) is 13.7. The molecule has 0 heterocycles. The van der Waals surface area contributed by atoms with E-state index in [4.69, 9.17) is 4.55 Å². The summed E-state index contributed by atoms with van der Waals surface area (Å²) in [6, 6.07) is 0. The first-order valence-electron chi connectivity index (χ1n) is 8.77. The Kier molecular flexibility index (Phi) is 9.46. The highest BCUT2D eigenvalue weighted by Crippen LogP contribution is 2.24. The topological polar surface area (TPSA) is 83.5 Å². The molecule has 0 fully saturated rings. The van der Waals surface area contributed by atoms with Crippen molar-refractivity contribution in [2.24, 2.45) is 11.3 Å². The lowest BCUT2D eigenvalue weighted by Crippen LogP contribution is -2.43. The minimum atomic E-state index is -3.85. The number of hydrogen-bond acceptors (Lipinski definition) is 3. The summed E-state index contributed by atoms with van der Waals surface area (Å²) in [5, 5.41) is 3.00. The number of rotatable bonds is 11. The summed E-state index contributed by atoms with van der Waals surface area (Å²) in [5.41, 5.74) is 0.150. The molecule has 1 atom stereocenters. The average Bonchev–Trinajstić information content (AvgIpc) is 2.36. The predicted octanol–water partition coefficient (Wildman–Crippen LogP) is 2.31. The van der Waals surface area contributed by atoms with E-state index in [1.165, 1.54) is 0 Å². The standard InChI is InChI=1S/C17H36N2O4S/c1-15(14-17(2,3)4)16(20)18-10-9-12-19(5,6)11-7-8-13-24(21,22)23/h15H,7-14H2,1-6H3,(H-,18,20,21,22,23)/p+1. The van der Waals surface area contributed by atoms with E-state index in [0.717, 1.165) is 36.8 Å². The summed E-state index contributed by atoms with van der Waals surface area (Å²) >= 11 is 0. The van der Waals surface area contributed by atoms with Crippen molar-refractivity contribution in [3.05, 3.63) is 0 Å². The van der Waals surface area contributed by atoms with E-state index in [1.807, 2.05) is 6.92 Å². The Labute approximate surface area is 148 Å². The van der Waals surface area contributed by atoms with E-state index in [0.29, 0.717) is 13.0 Å². The van der Waals surface area contributed by atoms with Crippen LogP contribution in [0.25, 0.3) is 0 Å². The Morgan fingerprint density at radius 1 is 1.12 bits per heavy atom. The van der Waals surface area contributed by atoms with Gasteiger partial charge in [0.25, 0.3) is 10.1 Å². The van der Waals surface area contributed by atoms with E-state index in [1.54, 1.807) is 0 Å². The smallest absolute Gasteiger partial charge is 0.264 e. The normalized spacial score (nSPS) is 14.5. The molecular weight excluding hydrogens is 328 g/mol. The third-order valence-corrected chi connectivity index (χ3v) is 4.83. The van der Waals surface area contributed by atoms with Gasteiger partial charge < -0.3 is 9.80 Å². The van der Waals surface area contributed by atoms with Crippen LogP contribution in [0.1, 0.15) is 53.4 Å². The SMILES string of the molecule is CC(CC(C)(C)C)C(=O)NCCC[N+](C)(C)CCCCS(=O)(=O)O. The molecule has 0 rings (SSSR count). The van der Waals surface area contributed by atoms with E-state index >= 15 is 0 Å². The molecule has 0 aromatic rings. The first kappa shape index (κ1) is 23.3. The number of nitrogens with zero attached hydrogens (tertiary/aromatic N) is 1. The molecule has 7 heteroatoms. The number of nitrogens with one attached hydrogen (secondary N) is 1. The van der Waals surface area contributed by atoms with Gasteiger partial charge in [0.15, 0.2) is 0 Å². The summed E-state index contributed by atoms with van der Waals surface area (Å²) in [6.45, 7) is 10.8. The van der Waals surface area contributed by atoms with Gasteiger partial charge in [-0.2, -0.15) is 8.42 Å². The van der Waals surface area contributed by atoms with Crippen LogP contribution in [0.5, 0.6) is 0 Å². The number of carbonyl (C=O) groups excluding carboxylic acids is 1. The van der Waals surface area contributed by atoms with E-state index < -0.39 is 10.1 Å². The highest BCUT2D eigenvalue weighted by Gasteiger charge is 2.21. The molecule has 0 bridgehead atoms. The van der Waals surface area contributed by atoms with Crippen molar-refractivity contribution >= 4 is 16.0 Å². The Balaban J connectivity index is 3.94. The molecule has 0 saturated heterocycles. The molecule has 24 heavy (non-hydrogen) atoms. The number of quaternary nitrogens is 1. The number of carbonyl (C=O) groups is 1. The van der Waals surface area contributed by atoms with Crippen molar-refractivity contribution in [1.82, 2.24) is 5.32 Å².